The lowest BCUT2D eigenvalue weighted by molar-refractivity contribution is -0.142. The number of ether oxygens (including phenoxy) is 1. The van der Waals surface area contributed by atoms with Crippen molar-refractivity contribution in [3.8, 4) is 0 Å². The van der Waals surface area contributed by atoms with E-state index in [1.54, 1.807) is 0 Å². The Morgan fingerprint density at radius 1 is 1.23 bits per heavy atom. The fraction of sp³-hybridized carbons (Fsp3) is 0.353. The van der Waals surface area contributed by atoms with Crippen LogP contribution in [0.25, 0.3) is 0 Å². The summed E-state index contributed by atoms with van der Waals surface area (Å²) in [4.78, 5) is 13.0. The minimum atomic E-state index is -3.64. The predicted molar refractivity (Wildman–Crippen MR) is 104 cm³/mol. The van der Waals surface area contributed by atoms with E-state index in [0.29, 0.717) is 0 Å². The smallest absolute Gasteiger partial charge is 0.316 e. The third-order valence-corrected chi connectivity index (χ3v) is 7.22. The van der Waals surface area contributed by atoms with Gasteiger partial charge in [-0.25, -0.2) is 12.7 Å². The van der Waals surface area contributed by atoms with Gasteiger partial charge in [-0.1, -0.05) is 15.9 Å². The molecule has 1 aromatic heterocycles. The van der Waals surface area contributed by atoms with E-state index in [0.717, 1.165) is 24.8 Å². The normalized spacial score (nSPS) is 11.8. The van der Waals surface area contributed by atoms with Crippen LogP contribution in [0.5, 0.6) is 0 Å². The highest BCUT2D eigenvalue weighted by molar-refractivity contribution is 9.10. The van der Waals surface area contributed by atoms with Crippen molar-refractivity contribution in [2.24, 2.45) is 0 Å². The number of furan rings is 1. The van der Waals surface area contributed by atoms with Gasteiger partial charge in [-0.05, 0) is 49.2 Å². The van der Waals surface area contributed by atoms with Gasteiger partial charge in [0.25, 0.3) is 10.0 Å². The van der Waals surface area contributed by atoms with Gasteiger partial charge in [0, 0.05) is 23.5 Å². The van der Waals surface area contributed by atoms with Gasteiger partial charge in [0.15, 0.2) is 0 Å². The van der Waals surface area contributed by atoms with Crippen LogP contribution in [0.4, 0.5) is 0 Å². The third-order valence-electron chi connectivity index (χ3n) is 3.55. The number of esters is 1. The number of carbonyl (C=O) groups is 1. The molecule has 0 aliphatic carbocycles. The van der Waals surface area contributed by atoms with Crippen molar-refractivity contribution in [3.63, 3.8) is 0 Å². The molecule has 0 aliphatic rings. The number of nitrogens with zero attached hydrogens (tertiary/aromatic N) is 1. The number of sulfonamides is 1. The van der Waals surface area contributed by atoms with Gasteiger partial charge in [0.2, 0.25) is 5.09 Å². The second-order valence-corrected chi connectivity index (χ2v) is 9.78. The fourth-order valence-electron chi connectivity index (χ4n) is 1.99. The summed E-state index contributed by atoms with van der Waals surface area (Å²) in [7, 11) is -0.801. The highest BCUT2D eigenvalue weighted by atomic mass is 79.9. The molecule has 26 heavy (non-hydrogen) atoms. The molecule has 0 bridgehead atoms. The van der Waals surface area contributed by atoms with Crippen LogP contribution in [0.3, 0.4) is 0 Å². The van der Waals surface area contributed by atoms with Gasteiger partial charge < -0.3 is 9.15 Å². The van der Waals surface area contributed by atoms with Crippen molar-refractivity contribution in [1.29, 1.82) is 0 Å². The lowest BCUT2D eigenvalue weighted by atomic mass is 10.2. The molecule has 0 saturated carbocycles. The molecule has 142 valence electrons. The Morgan fingerprint density at radius 2 is 1.92 bits per heavy atom. The van der Waals surface area contributed by atoms with Crippen LogP contribution in [0.1, 0.15) is 16.9 Å². The van der Waals surface area contributed by atoms with Crippen molar-refractivity contribution in [1.82, 2.24) is 4.31 Å². The van der Waals surface area contributed by atoms with Crippen molar-refractivity contribution in [2.45, 2.75) is 30.4 Å². The highest BCUT2D eigenvalue weighted by Gasteiger charge is 2.21. The summed E-state index contributed by atoms with van der Waals surface area (Å²) < 4.78 is 36.4. The van der Waals surface area contributed by atoms with E-state index in [2.05, 4.69) is 15.9 Å². The average molecular weight is 462 g/mol. The van der Waals surface area contributed by atoms with Gasteiger partial charge in [-0.2, -0.15) is 0 Å². The molecule has 6 nitrogen and oxygen atoms in total. The zero-order chi connectivity index (χ0) is 19.5. The van der Waals surface area contributed by atoms with E-state index in [1.165, 1.54) is 38.0 Å². The topological polar surface area (TPSA) is 76.8 Å². The van der Waals surface area contributed by atoms with Crippen molar-refractivity contribution in [2.75, 3.05) is 19.8 Å². The number of benzene rings is 1. The fourth-order valence-corrected chi connectivity index (χ4v) is 4.17. The van der Waals surface area contributed by atoms with Gasteiger partial charge >= 0.3 is 5.97 Å². The number of carbonyl (C=O) groups excluding carboxylic acids is 1. The third kappa shape index (κ3) is 5.12. The summed E-state index contributed by atoms with van der Waals surface area (Å²) >= 11 is 4.88. The molecule has 9 heteroatoms. The molecule has 2 aromatic rings. The van der Waals surface area contributed by atoms with Crippen LogP contribution in [0.15, 0.2) is 43.1 Å². The number of halogens is 1. The summed E-state index contributed by atoms with van der Waals surface area (Å²) in [5.74, 6) is 0.0358. The van der Waals surface area contributed by atoms with E-state index in [9.17, 15) is 13.2 Å². The van der Waals surface area contributed by atoms with Crippen LogP contribution in [0, 0.1) is 13.8 Å². The van der Waals surface area contributed by atoms with E-state index in [4.69, 9.17) is 9.15 Å². The summed E-state index contributed by atoms with van der Waals surface area (Å²) in [5.41, 5.74) is 2.17. The van der Waals surface area contributed by atoms with Gasteiger partial charge in [0.1, 0.15) is 12.4 Å². The number of hydrogen-bond acceptors (Lipinski definition) is 6. The number of hydrogen-bond donors (Lipinski definition) is 0. The molecule has 0 saturated heterocycles. The van der Waals surface area contributed by atoms with Gasteiger partial charge in [-0.15, -0.1) is 11.8 Å². The lowest BCUT2D eigenvalue weighted by Crippen LogP contribution is -2.21. The lowest BCUT2D eigenvalue weighted by Gasteiger charge is -2.09. The molecule has 0 aliphatic heterocycles. The van der Waals surface area contributed by atoms with Crippen molar-refractivity contribution >= 4 is 43.7 Å². The van der Waals surface area contributed by atoms with Crippen molar-refractivity contribution in [3.05, 3.63) is 45.6 Å². The maximum Gasteiger partial charge on any atom is 0.316 e. The number of rotatable bonds is 7. The SMILES string of the molecule is Cc1cc(SCC(=O)OCc2ccc(S(=O)(=O)N(C)C)o2)c(C)cc1Br. The summed E-state index contributed by atoms with van der Waals surface area (Å²) in [6.45, 7) is 3.86. The molecule has 0 atom stereocenters. The maximum atomic E-state index is 11.9. The molecular weight excluding hydrogens is 442 g/mol. The van der Waals surface area contributed by atoms with Crippen LogP contribution in [-0.4, -0.2) is 38.5 Å². The van der Waals surface area contributed by atoms with Crippen LogP contribution in [-0.2, 0) is 26.2 Å². The molecular formula is C17H20BrNO5S2. The summed E-state index contributed by atoms with van der Waals surface area (Å²) in [5, 5.41) is -0.177. The first-order valence-corrected chi connectivity index (χ1v) is 10.9. The maximum absolute atomic E-state index is 11.9. The zero-order valence-electron chi connectivity index (χ0n) is 14.9. The Labute approximate surface area is 166 Å². The van der Waals surface area contributed by atoms with Crippen molar-refractivity contribution < 1.29 is 22.4 Å². The Morgan fingerprint density at radius 3 is 2.58 bits per heavy atom. The van der Waals surface area contributed by atoms with E-state index < -0.39 is 16.0 Å². The minimum Gasteiger partial charge on any atom is -0.457 e. The molecule has 0 amide bonds. The zero-order valence-corrected chi connectivity index (χ0v) is 18.1. The molecule has 2 rings (SSSR count). The molecule has 0 N–H and O–H groups in total. The quantitative estimate of drug-likeness (QED) is 0.461. The molecule has 0 unspecified atom stereocenters. The second kappa shape index (κ2) is 8.60. The highest BCUT2D eigenvalue weighted by Crippen LogP contribution is 2.28. The molecule has 1 aromatic carbocycles. The second-order valence-electron chi connectivity index (χ2n) is 5.82. The van der Waals surface area contributed by atoms with Crippen LogP contribution < -0.4 is 0 Å². The molecule has 0 spiro atoms. The summed E-state index contributed by atoms with van der Waals surface area (Å²) in [6, 6.07) is 6.86. The standard InChI is InChI=1S/C17H20BrNO5S2/c1-11-8-15(12(2)7-14(11)18)25-10-16(20)23-9-13-5-6-17(24-13)26(21,22)19(3)4/h5-8H,9-10H2,1-4H3. The number of thioether (sulfide) groups is 1. The minimum absolute atomic E-state index is 0.110. The molecule has 0 fully saturated rings. The largest absolute Gasteiger partial charge is 0.457 e. The monoisotopic (exact) mass is 461 g/mol. The first kappa shape index (κ1) is 21.0. The Hall–Kier alpha value is -1.29. The Bertz CT molecular complexity index is 906. The van der Waals surface area contributed by atoms with Crippen LogP contribution in [0.2, 0.25) is 0 Å². The van der Waals surface area contributed by atoms with Gasteiger partial charge in [-0.3, -0.25) is 4.79 Å². The average Bonchev–Trinajstić information content (AvgIpc) is 3.04. The number of aryl methyl sites for hydroxylation is 2. The Kier molecular flexibility index (Phi) is 6.95. The first-order valence-electron chi connectivity index (χ1n) is 7.67. The summed E-state index contributed by atoms with van der Waals surface area (Å²) in [6.07, 6.45) is 0. The molecule has 1 heterocycles. The van der Waals surface area contributed by atoms with Crippen LogP contribution >= 0.6 is 27.7 Å². The first-order chi connectivity index (χ1) is 12.1. The van der Waals surface area contributed by atoms with Gasteiger partial charge in [0.05, 0.1) is 5.75 Å². The molecule has 0 radical (unpaired) electrons. The van der Waals surface area contributed by atoms with E-state index in [1.807, 2.05) is 26.0 Å². The predicted octanol–water partition coefficient (Wildman–Crippen LogP) is 3.74. The van der Waals surface area contributed by atoms with E-state index >= 15 is 0 Å². The Balaban J connectivity index is 1.90. The van der Waals surface area contributed by atoms with E-state index in [-0.39, 0.29) is 23.2 Å².